The molecule has 1 N–H and O–H groups in total. The van der Waals surface area contributed by atoms with Crippen LogP contribution in [-0.4, -0.2) is 33.8 Å². The van der Waals surface area contributed by atoms with Gasteiger partial charge in [-0.25, -0.2) is 8.42 Å². The summed E-state index contributed by atoms with van der Waals surface area (Å²) < 4.78 is 36.2. The van der Waals surface area contributed by atoms with E-state index in [9.17, 15) is 13.7 Å². The van der Waals surface area contributed by atoms with Gasteiger partial charge in [-0.15, -0.1) is 11.6 Å². The molecule has 35 heavy (non-hydrogen) atoms. The molecule has 0 aliphatic rings. The lowest BCUT2D eigenvalue weighted by atomic mass is 9.77. The van der Waals surface area contributed by atoms with Crippen molar-refractivity contribution in [2.75, 3.05) is 25.3 Å². The number of nitrogens with zero attached hydrogens (tertiary/aromatic N) is 1. The highest BCUT2D eigenvalue weighted by Crippen LogP contribution is 2.38. The van der Waals surface area contributed by atoms with Crippen molar-refractivity contribution >= 4 is 45.0 Å². The van der Waals surface area contributed by atoms with Crippen LogP contribution < -0.4 is 14.2 Å². The molecule has 10 heteroatoms. The van der Waals surface area contributed by atoms with Gasteiger partial charge >= 0.3 is 0 Å². The number of nitriles is 1. The van der Waals surface area contributed by atoms with Gasteiger partial charge in [0.1, 0.15) is 25.0 Å². The Bertz CT molecular complexity index is 1240. The first-order chi connectivity index (χ1) is 16.4. The van der Waals surface area contributed by atoms with E-state index >= 15 is 0 Å². The number of sulfonamides is 1. The van der Waals surface area contributed by atoms with E-state index in [1.807, 2.05) is 44.2 Å². The van der Waals surface area contributed by atoms with Crippen LogP contribution in [0.2, 0.25) is 5.02 Å². The molecule has 0 unspecified atom stereocenters. The minimum atomic E-state index is -3.30. The minimum Gasteiger partial charge on any atom is -0.489 e. The Labute approximate surface area is 222 Å². The first kappa shape index (κ1) is 28.9. The molecule has 0 aliphatic heterocycles. The summed E-state index contributed by atoms with van der Waals surface area (Å²) in [7, 11) is -3.30. The topological polar surface area (TPSA) is 88.4 Å². The van der Waals surface area contributed by atoms with Gasteiger partial charge in [-0.2, -0.15) is 5.26 Å². The zero-order valence-corrected chi connectivity index (χ0v) is 23.2. The molecule has 0 heterocycles. The summed E-state index contributed by atoms with van der Waals surface area (Å²) in [5.74, 6) is 1.31. The van der Waals surface area contributed by atoms with Crippen LogP contribution in [0.15, 0.2) is 59.0 Å². The molecule has 0 spiro atoms. The second-order valence-electron chi connectivity index (χ2n) is 8.25. The van der Waals surface area contributed by atoms with Gasteiger partial charge in [0.2, 0.25) is 10.0 Å². The standard InChI is InChI=1S/C25H28Cl2N2O4S2/c1-17(29-35(5,30)31)16-34-18(2)15-33-22-8-6-20(7-9-22)25(3,4)21-12-19(14-28)24(23(27)13-21)32-11-10-26/h6-9,12-13,16,29H,2,10-11,15H2,1,3-5H3/b17-16+. The molecule has 0 aliphatic carbocycles. The molecular formula is C25H28Cl2N2O4S2. The van der Waals surface area contributed by atoms with Gasteiger partial charge in [0, 0.05) is 16.0 Å². The molecule has 188 valence electrons. The lowest BCUT2D eigenvalue weighted by Crippen LogP contribution is -2.19. The fraction of sp³-hybridized carbons (Fsp3) is 0.320. The van der Waals surface area contributed by atoms with Crippen LogP contribution in [-0.2, 0) is 15.4 Å². The highest BCUT2D eigenvalue weighted by molar-refractivity contribution is 8.05. The Morgan fingerprint density at radius 3 is 2.46 bits per heavy atom. The third-order valence-corrected chi connectivity index (χ3v) is 6.98. The number of allylic oxidation sites excluding steroid dienone is 1. The largest absolute Gasteiger partial charge is 0.489 e. The molecule has 0 fully saturated rings. The number of hydrogen-bond donors (Lipinski definition) is 1. The van der Waals surface area contributed by atoms with E-state index in [0.29, 0.717) is 33.7 Å². The highest BCUT2D eigenvalue weighted by Gasteiger charge is 2.26. The number of hydrogen-bond acceptors (Lipinski definition) is 6. The fourth-order valence-corrected chi connectivity index (χ4v) is 4.74. The van der Waals surface area contributed by atoms with Gasteiger partial charge in [-0.3, -0.25) is 4.72 Å². The van der Waals surface area contributed by atoms with Crippen molar-refractivity contribution in [3.05, 3.63) is 80.7 Å². The predicted octanol–water partition coefficient (Wildman–Crippen LogP) is 6.19. The maximum atomic E-state index is 11.2. The quantitative estimate of drug-likeness (QED) is 0.314. The van der Waals surface area contributed by atoms with Crippen LogP contribution >= 0.6 is 35.0 Å². The number of thioether (sulfide) groups is 1. The molecule has 0 bridgehead atoms. The monoisotopic (exact) mass is 554 g/mol. The summed E-state index contributed by atoms with van der Waals surface area (Å²) in [6.07, 6.45) is 1.10. The van der Waals surface area contributed by atoms with E-state index < -0.39 is 15.4 Å². The van der Waals surface area contributed by atoms with E-state index in [2.05, 4.69) is 17.4 Å². The minimum absolute atomic E-state index is 0.262. The third kappa shape index (κ3) is 8.69. The van der Waals surface area contributed by atoms with Crippen molar-refractivity contribution < 1.29 is 17.9 Å². The van der Waals surface area contributed by atoms with Gasteiger partial charge < -0.3 is 9.47 Å². The first-order valence-corrected chi connectivity index (χ1v) is 14.2. The molecule has 0 amide bonds. The number of alkyl halides is 1. The van der Waals surface area contributed by atoms with Crippen molar-refractivity contribution in [3.63, 3.8) is 0 Å². The Morgan fingerprint density at radius 2 is 1.89 bits per heavy atom. The van der Waals surface area contributed by atoms with Crippen LogP contribution in [0.25, 0.3) is 0 Å². The van der Waals surface area contributed by atoms with Crippen molar-refractivity contribution in [3.8, 4) is 17.6 Å². The summed E-state index contributed by atoms with van der Waals surface area (Å²) >= 11 is 13.4. The number of ether oxygens (including phenoxy) is 2. The summed E-state index contributed by atoms with van der Waals surface area (Å²) in [6, 6.07) is 13.4. The molecule has 0 radical (unpaired) electrons. The van der Waals surface area contributed by atoms with Crippen LogP contribution in [0.4, 0.5) is 0 Å². The number of benzene rings is 2. The van der Waals surface area contributed by atoms with E-state index in [4.69, 9.17) is 32.7 Å². The van der Waals surface area contributed by atoms with Gasteiger partial charge in [0.15, 0.2) is 5.75 Å². The lowest BCUT2D eigenvalue weighted by molar-refractivity contribution is 0.341. The molecule has 0 saturated heterocycles. The van der Waals surface area contributed by atoms with E-state index in [1.165, 1.54) is 11.8 Å². The van der Waals surface area contributed by atoms with E-state index in [0.717, 1.165) is 22.3 Å². The molecule has 0 atom stereocenters. The lowest BCUT2D eigenvalue weighted by Gasteiger charge is -2.27. The zero-order valence-electron chi connectivity index (χ0n) is 20.0. The van der Waals surface area contributed by atoms with Crippen molar-refractivity contribution in [1.82, 2.24) is 4.72 Å². The second kappa shape index (κ2) is 12.6. The first-order valence-electron chi connectivity index (χ1n) is 10.5. The Hall–Kier alpha value is -2.31. The van der Waals surface area contributed by atoms with Gasteiger partial charge in [-0.1, -0.05) is 55.9 Å². The average Bonchev–Trinajstić information content (AvgIpc) is 2.79. The summed E-state index contributed by atoms with van der Waals surface area (Å²) in [5.41, 5.74) is 2.31. The van der Waals surface area contributed by atoms with Crippen molar-refractivity contribution in [2.24, 2.45) is 0 Å². The average molecular weight is 556 g/mol. The molecule has 0 aromatic heterocycles. The summed E-state index contributed by atoms with van der Waals surface area (Å²) in [4.78, 5) is 0.721. The van der Waals surface area contributed by atoms with Crippen molar-refractivity contribution in [1.29, 1.82) is 5.26 Å². The SMILES string of the molecule is C=C(COc1ccc(C(C)(C)c2cc(Cl)c(OCCCl)c(C#N)c2)cc1)S/C=C(\C)NS(C)(=O)=O. The van der Waals surface area contributed by atoms with Gasteiger partial charge in [0.05, 0.1) is 22.7 Å². The van der Waals surface area contributed by atoms with E-state index in [1.54, 1.807) is 18.4 Å². The molecule has 2 aromatic carbocycles. The molecular weight excluding hydrogens is 527 g/mol. The molecule has 0 saturated carbocycles. The number of nitrogens with one attached hydrogen (secondary N) is 1. The number of rotatable bonds is 12. The maximum Gasteiger partial charge on any atom is 0.229 e. The number of halogens is 2. The van der Waals surface area contributed by atoms with Crippen LogP contribution in [0.3, 0.4) is 0 Å². The Morgan fingerprint density at radius 1 is 1.23 bits per heavy atom. The van der Waals surface area contributed by atoms with Gasteiger partial charge in [-0.05, 0) is 47.7 Å². The normalized spacial score (nSPS) is 12.1. The molecule has 2 rings (SSSR count). The maximum absolute atomic E-state index is 11.2. The second-order valence-corrected chi connectivity index (χ2v) is 11.8. The van der Waals surface area contributed by atoms with Crippen LogP contribution in [0.1, 0.15) is 37.5 Å². The Balaban J connectivity index is 2.09. The highest BCUT2D eigenvalue weighted by atomic mass is 35.5. The fourth-order valence-electron chi connectivity index (χ4n) is 3.15. The van der Waals surface area contributed by atoms with Crippen molar-refractivity contribution in [2.45, 2.75) is 26.2 Å². The van der Waals surface area contributed by atoms with E-state index in [-0.39, 0.29) is 13.2 Å². The van der Waals surface area contributed by atoms with Crippen LogP contribution in [0, 0.1) is 11.3 Å². The van der Waals surface area contributed by atoms with Crippen LogP contribution in [0.5, 0.6) is 11.5 Å². The predicted molar refractivity (Wildman–Crippen MR) is 145 cm³/mol. The summed E-state index contributed by atoms with van der Waals surface area (Å²) in [5, 5.41) is 11.6. The zero-order chi connectivity index (χ0) is 26.2. The Kier molecular flexibility index (Phi) is 10.4. The van der Waals surface area contributed by atoms with Gasteiger partial charge in [0.25, 0.3) is 0 Å². The summed E-state index contributed by atoms with van der Waals surface area (Å²) in [6.45, 7) is 10.2. The molecule has 6 nitrogen and oxygen atoms in total. The molecule has 2 aromatic rings. The smallest absolute Gasteiger partial charge is 0.229 e. The third-order valence-electron chi connectivity index (χ3n) is 4.93.